The molecule has 15 heavy (non-hydrogen) atoms. The summed E-state index contributed by atoms with van der Waals surface area (Å²) in [4.78, 5) is 10.6. The van der Waals surface area contributed by atoms with Crippen molar-refractivity contribution in [1.82, 2.24) is 9.78 Å². The quantitative estimate of drug-likeness (QED) is 0.812. The molecule has 1 aliphatic rings. The van der Waals surface area contributed by atoms with Crippen LogP contribution in [0.2, 0.25) is 0 Å². The molecule has 0 spiro atoms. The Morgan fingerprint density at radius 2 is 2.47 bits per heavy atom. The van der Waals surface area contributed by atoms with Crippen LogP contribution in [0.4, 0.5) is 0 Å². The van der Waals surface area contributed by atoms with E-state index in [1.54, 1.807) is 13.3 Å². The number of carboxylic acid groups (broad SMARTS) is 1. The largest absolute Gasteiger partial charge is 0.481 e. The smallest absolute Gasteiger partial charge is 0.308 e. The van der Waals surface area contributed by atoms with E-state index >= 15 is 0 Å². The lowest BCUT2D eigenvalue weighted by molar-refractivity contribution is -0.136. The summed E-state index contributed by atoms with van der Waals surface area (Å²) < 4.78 is 7.02. The molecule has 1 N–H and O–H groups in total. The van der Waals surface area contributed by atoms with E-state index in [1.807, 2.05) is 4.68 Å². The summed E-state index contributed by atoms with van der Waals surface area (Å²) in [6.07, 6.45) is 4.97. The minimum Gasteiger partial charge on any atom is -0.481 e. The fourth-order valence-electron chi connectivity index (χ4n) is 1.79. The van der Waals surface area contributed by atoms with Gasteiger partial charge in [-0.3, -0.25) is 4.79 Å². The number of carbonyl (C=O) groups is 1. The van der Waals surface area contributed by atoms with Gasteiger partial charge in [-0.1, -0.05) is 0 Å². The molecule has 0 aliphatic heterocycles. The summed E-state index contributed by atoms with van der Waals surface area (Å²) in [6, 6.07) is 0.391. The van der Waals surface area contributed by atoms with Gasteiger partial charge >= 0.3 is 5.97 Å². The zero-order chi connectivity index (χ0) is 10.8. The van der Waals surface area contributed by atoms with Crippen molar-refractivity contribution in [3.05, 3.63) is 11.8 Å². The van der Waals surface area contributed by atoms with Crippen molar-refractivity contribution in [1.29, 1.82) is 0 Å². The summed E-state index contributed by atoms with van der Waals surface area (Å²) in [5.74, 6) is -0.261. The molecule has 0 bridgehead atoms. The van der Waals surface area contributed by atoms with Crippen LogP contribution in [0.1, 0.15) is 30.9 Å². The topological polar surface area (TPSA) is 64.3 Å². The Bertz CT molecular complexity index is 369. The molecule has 2 rings (SSSR count). The number of hydrogen-bond acceptors (Lipinski definition) is 3. The van der Waals surface area contributed by atoms with E-state index in [4.69, 9.17) is 9.84 Å². The number of hydrogen-bond donors (Lipinski definition) is 1. The molecule has 1 aromatic heterocycles. The molecule has 0 radical (unpaired) electrons. The number of methoxy groups -OCH3 is 1. The van der Waals surface area contributed by atoms with Crippen molar-refractivity contribution in [2.24, 2.45) is 0 Å². The lowest BCUT2D eigenvalue weighted by Crippen LogP contribution is -2.19. The van der Waals surface area contributed by atoms with Crippen molar-refractivity contribution in [3.8, 4) is 5.88 Å². The normalized spacial score (nSPS) is 16.1. The van der Waals surface area contributed by atoms with Gasteiger partial charge < -0.3 is 9.84 Å². The predicted octanol–water partition coefficient (Wildman–Crippen LogP) is 1.24. The van der Waals surface area contributed by atoms with Crippen LogP contribution < -0.4 is 4.74 Å². The minimum atomic E-state index is -0.860. The van der Waals surface area contributed by atoms with Crippen LogP contribution in [0.3, 0.4) is 0 Å². The Labute approximate surface area is 87.7 Å². The summed E-state index contributed by atoms with van der Waals surface area (Å²) in [5, 5.41) is 12.9. The highest BCUT2D eigenvalue weighted by molar-refractivity contribution is 5.70. The lowest BCUT2D eigenvalue weighted by Gasteiger charge is -2.26. The highest BCUT2D eigenvalue weighted by atomic mass is 16.5. The first-order valence-electron chi connectivity index (χ1n) is 5.04. The lowest BCUT2D eigenvalue weighted by atomic mass is 9.93. The van der Waals surface area contributed by atoms with E-state index in [9.17, 15) is 4.79 Å². The van der Waals surface area contributed by atoms with Crippen molar-refractivity contribution >= 4 is 5.97 Å². The van der Waals surface area contributed by atoms with Crippen LogP contribution in [-0.4, -0.2) is 28.0 Å². The van der Waals surface area contributed by atoms with Gasteiger partial charge in [0.05, 0.1) is 25.8 Å². The monoisotopic (exact) mass is 210 g/mol. The third kappa shape index (κ3) is 1.82. The van der Waals surface area contributed by atoms with Crippen molar-refractivity contribution in [2.45, 2.75) is 31.7 Å². The van der Waals surface area contributed by atoms with Gasteiger partial charge in [0, 0.05) is 5.56 Å². The molecule has 5 heteroatoms. The van der Waals surface area contributed by atoms with E-state index in [0.717, 1.165) is 12.8 Å². The van der Waals surface area contributed by atoms with Crippen molar-refractivity contribution < 1.29 is 14.6 Å². The van der Waals surface area contributed by atoms with Crippen LogP contribution in [0.15, 0.2) is 6.20 Å². The van der Waals surface area contributed by atoms with Crippen LogP contribution in [-0.2, 0) is 11.2 Å². The highest BCUT2D eigenvalue weighted by Gasteiger charge is 2.25. The minimum absolute atomic E-state index is 0.0319. The van der Waals surface area contributed by atoms with Crippen molar-refractivity contribution in [3.63, 3.8) is 0 Å². The first-order chi connectivity index (χ1) is 7.22. The van der Waals surface area contributed by atoms with Gasteiger partial charge in [0.1, 0.15) is 0 Å². The molecule has 0 amide bonds. The fourth-order valence-corrected chi connectivity index (χ4v) is 1.79. The SMILES string of the molecule is COc1c(CC(=O)O)cnn1C1CCC1. The average molecular weight is 210 g/mol. The van der Waals surface area contributed by atoms with Gasteiger partial charge in [0.15, 0.2) is 0 Å². The molecule has 0 saturated heterocycles. The number of aliphatic carboxylic acids is 1. The average Bonchev–Trinajstić information content (AvgIpc) is 2.44. The van der Waals surface area contributed by atoms with Gasteiger partial charge in [-0.2, -0.15) is 5.10 Å². The highest BCUT2D eigenvalue weighted by Crippen LogP contribution is 2.35. The zero-order valence-corrected chi connectivity index (χ0v) is 8.64. The standard InChI is InChI=1S/C10H14N2O3/c1-15-10-7(5-9(13)14)6-11-12(10)8-3-2-4-8/h6,8H,2-5H2,1H3,(H,13,14). The predicted molar refractivity (Wildman–Crippen MR) is 53.0 cm³/mol. The Morgan fingerprint density at radius 3 is 2.93 bits per heavy atom. The van der Waals surface area contributed by atoms with Gasteiger partial charge in [0.2, 0.25) is 5.88 Å². The maximum absolute atomic E-state index is 10.6. The third-order valence-corrected chi connectivity index (χ3v) is 2.78. The van der Waals surface area contributed by atoms with Crippen molar-refractivity contribution in [2.75, 3.05) is 7.11 Å². The molecule has 1 heterocycles. The summed E-state index contributed by atoms with van der Waals surface area (Å²) in [5.41, 5.74) is 0.650. The van der Waals surface area contributed by atoms with Crippen LogP contribution in [0.5, 0.6) is 5.88 Å². The maximum Gasteiger partial charge on any atom is 0.308 e. The first-order valence-corrected chi connectivity index (χ1v) is 5.04. The Hall–Kier alpha value is -1.52. The first kappa shape index (κ1) is 10.0. The fraction of sp³-hybridized carbons (Fsp3) is 0.600. The maximum atomic E-state index is 10.6. The molecular weight excluding hydrogens is 196 g/mol. The number of ether oxygens (including phenoxy) is 1. The van der Waals surface area contributed by atoms with Crippen LogP contribution in [0, 0.1) is 0 Å². The second-order valence-electron chi connectivity index (χ2n) is 3.78. The molecule has 1 fully saturated rings. The Morgan fingerprint density at radius 1 is 1.73 bits per heavy atom. The van der Waals surface area contributed by atoms with Gasteiger partial charge in [-0.25, -0.2) is 4.68 Å². The molecule has 1 aliphatic carbocycles. The molecule has 5 nitrogen and oxygen atoms in total. The number of carboxylic acids is 1. The van der Waals surface area contributed by atoms with Gasteiger partial charge in [-0.15, -0.1) is 0 Å². The summed E-state index contributed by atoms with van der Waals surface area (Å²) >= 11 is 0. The number of nitrogens with zero attached hydrogens (tertiary/aromatic N) is 2. The summed E-state index contributed by atoms with van der Waals surface area (Å²) in [7, 11) is 1.55. The van der Waals surface area contributed by atoms with Crippen LogP contribution >= 0.6 is 0 Å². The zero-order valence-electron chi connectivity index (χ0n) is 8.64. The second-order valence-corrected chi connectivity index (χ2v) is 3.78. The van der Waals surface area contributed by atoms with E-state index < -0.39 is 5.97 Å². The number of rotatable bonds is 4. The van der Waals surface area contributed by atoms with E-state index in [0.29, 0.717) is 17.5 Å². The van der Waals surface area contributed by atoms with E-state index in [1.165, 1.54) is 6.42 Å². The van der Waals surface area contributed by atoms with E-state index in [-0.39, 0.29) is 6.42 Å². The Balaban J connectivity index is 2.23. The van der Waals surface area contributed by atoms with Gasteiger partial charge in [0.25, 0.3) is 0 Å². The molecular formula is C10H14N2O3. The van der Waals surface area contributed by atoms with Crippen LogP contribution in [0.25, 0.3) is 0 Å². The third-order valence-electron chi connectivity index (χ3n) is 2.78. The van der Waals surface area contributed by atoms with Gasteiger partial charge in [-0.05, 0) is 19.3 Å². The second kappa shape index (κ2) is 3.92. The molecule has 1 saturated carbocycles. The summed E-state index contributed by atoms with van der Waals surface area (Å²) in [6.45, 7) is 0. The molecule has 82 valence electrons. The molecule has 0 atom stereocenters. The molecule has 0 unspecified atom stereocenters. The molecule has 1 aromatic rings. The van der Waals surface area contributed by atoms with E-state index in [2.05, 4.69) is 5.10 Å². The molecule has 0 aromatic carbocycles. The number of aromatic nitrogens is 2. The Kier molecular flexibility index (Phi) is 2.62.